The van der Waals surface area contributed by atoms with Gasteiger partial charge in [0.1, 0.15) is 43.2 Å². The highest BCUT2D eigenvalue weighted by Gasteiger charge is 2.51. The number of esters is 2. The molecule has 8 atom stereocenters. The Hall–Kier alpha value is -1.41. The van der Waals surface area contributed by atoms with Crippen LogP contribution in [0.3, 0.4) is 0 Å². The maximum absolute atomic E-state index is 12.8. The van der Waals surface area contributed by atoms with Crippen LogP contribution in [0.25, 0.3) is 0 Å². The van der Waals surface area contributed by atoms with Crippen molar-refractivity contribution in [2.24, 2.45) is 0 Å². The summed E-state index contributed by atoms with van der Waals surface area (Å²) in [7, 11) is -5.11. The number of carbonyl (C=O) groups is 2. The van der Waals surface area contributed by atoms with Gasteiger partial charge >= 0.3 is 19.8 Å². The first-order chi connectivity index (χ1) is 28.9. The van der Waals surface area contributed by atoms with Gasteiger partial charge in [0.15, 0.2) is 6.10 Å². The van der Waals surface area contributed by atoms with Crippen molar-refractivity contribution in [2.45, 2.75) is 256 Å². The highest BCUT2D eigenvalue weighted by Crippen LogP contribution is 2.47. The molecule has 14 heteroatoms. The van der Waals surface area contributed by atoms with E-state index in [9.17, 15) is 44.6 Å². The van der Waals surface area contributed by atoms with E-state index in [1.54, 1.807) is 0 Å². The van der Waals surface area contributed by atoms with Gasteiger partial charge in [-0.15, -0.1) is 0 Å². The zero-order valence-electron chi connectivity index (χ0n) is 37.5. The molecule has 0 spiro atoms. The van der Waals surface area contributed by atoms with Gasteiger partial charge in [-0.05, 0) is 38.5 Å². The Kier molecular flexibility index (Phi) is 34.9. The van der Waals surface area contributed by atoms with Crippen molar-refractivity contribution in [2.75, 3.05) is 13.2 Å². The highest BCUT2D eigenvalue weighted by molar-refractivity contribution is 7.47. The number of unbranched alkanes of at least 4 members (excludes halogenated alkanes) is 26. The Bertz CT molecular complexity index is 1110. The van der Waals surface area contributed by atoms with Crippen LogP contribution in [-0.4, -0.2) is 98.3 Å². The predicted octanol–water partition coefficient (Wildman–Crippen LogP) is 9.45. The molecule has 354 valence electrons. The summed E-state index contributed by atoms with van der Waals surface area (Å²) >= 11 is 0. The summed E-state index contributed by atoms with van der Waals surface area (Å²) in [5.74, 6) is -1.10. The lowest BCUT2D eigenvalue weighted by molar-refractivity contribution is -0.220. The average molecular weight is 879 g/mol. The molecule has 0 radical (unpaired) electrons. The molecule has 0 saturated heterocycles. The molecule has 1 rings (SSSR count). The van der Waals surface area contributed by atoms with Gasteiger partial charge in [0.25, 0.3) is 0 Å². The molecular weight excluding hydrogens is 791 g/mol. The quantitative estimate of drug-likeness (QED) is 0.0147. The van der Waals surface area contributed by atoms with Crippen LogP contribution < -0.4 is 0 Å². The van der Waals surface area contributed by atoms with Crippen LogP contribution >= 0.6 is 7.82 Å². The van der Waals surface area contributed by atoms with E-state index >= 15 is 0 Å². The number of aliphatic hydroxyl groups is 5. The molecule has 0 aromatic heterocycles. The SMILES string of the molecule is CCCCCC/C=C\CCCCCCCC(=O)O[C@H](COC(=O)CCCCCCCCCCCCCCCCCCCC)COP(=O)(O)OC1C(O)C(O)C(O)[C@@H](O)C1O. The van der Waals surface area contributed by atoms with Gasteiger partial charge in [-0.3, -0.25) is 18.6 Å². The summed E-state index contributed by atoms with van der Waals surface area (Å²) < 4.78 is 33.5. The molecule has 0 aliphatic heterocycles. The fourth-order valence-corrected chi connectivity index (χ4v) is 8.43. The van der Waals surface area contributed by atoms with Crippen LogP contribution in [0.15, 0.2) is 12.2 Å². The number of phosphoric ester groups is 1. The minimum Gasteiger partial charge on any atom is -0.462 e. The summed E-state index contributed by atoms with van der Waals surface area (Å²) in [6.07, 6.45) is 25.5. The second-order valence-corrected chi connectivity index (χ2v) is 18.4. The van der Waals surface area contributed by atoms with E-state index in [1.165, 1.54) is 116 Å². The maximum Gasteiger partial charge on any atom is 0.472 e. The van der Waals surface area contributed by atoms with Crippen LogP contribution in [0.2, 0.25) is 0 Å². The van der Waals surface area contributed by atoms with Gasteiger partial charge in [0, 0.05) is 12.8 Å². The minimum atomic E-state index is -5.11. The van der Waals surface area contributed by atoms with Gasteiger partial charge in [-0.2, -0.15) is 0 Å². The molecule has 60 heavy (non-hydrogen) atoms. The number of hydrogen-bond donors (Lipinski definition) is 6. The lowest BCUT2D eigenvalue weighted by Crippen LogP contribution is -2.64. The molecule has 1 saturated carbocycles. The van der Waals surface area contributed by atoms with Crippen molar-refractivity contribution in [3.05, 3.63) is 12.2 Å². The van der Waals surface area contributed by atoms with E-state index in [0.29, 0.717) is 12.8 Å². The molecule has 6 unspecified atom stereocenters. The van der Waals surface area contributed by atoms with Gasteiger partial charge < -0.3 is 39.9 Å². The van der Waals surface area contributed by atoms with Crippen LogP contribution in [0, 0.1) is 0 Å². The monoisotopic (exact) mass is 879 g/mol. The zero-order chi connectivity index (χ0) is 44.3. The Morgan fingerprint density at radius 2 is 0.850 bits per heavy atom. The van der Waals surface area contributed by atoms with E-state index in [1.807, 2.05) is 0 Å². The topological polar surface area (TPSA) is 210 Å². The van der Waals surface area contributed by atoms with Gasteiger partial charge in [0.05, 0.1) is 6.61 Å². The standard InChI is InChI=1S/C46H87O13P/c1-3-5-7-9-11-13-15-17-18-19-20-21-23-24-26-28-30-32-34-39(47)56-36-38(37-57-60(54,55)59-46-44(52)42(50)41(49)43(51)45(46)53)58-40(48)35-33-31-29-27-25-22-16-14-12-10-8-6-4-2/h14,16,38,41-46,49-53H,3-13,15,17-37H2,1-2H3,(H,54,55)/b16-14-/t38-,41?,42-,43?,44?,45?,46?/m1/s1. The fourth-order valence-electron chi connectivity index (χ4n) is 7.46. The predicted molar refractivity (Wildman–Crippen MR) is 235 cm³/mol. The summed E-state index contributed by atoms with van der Waals surface area (Å²) in [6.45, 7) is 3.30. The molecule has 1 aliphatic rings. The minimum absolute atomic E-state index is 0.0905. The van der Waals surface area contributed by atoms with Gasteiger partial charge in [-0.1, -0.05) is 174 Å². The lowest BCUT2D eigenvalue weighted by atomic mass is 9.85. The third kappa shape index (κ3) is 29.0. The van der Waals surface area contributed by atoms with Crippen LogP contribution in [0.1, 0.15) is 213 Å². The number of aliphatic hydroxyl groups excluding tert-OH is 5. The summed E-state index contributed by atoms with van der Waals surface area (Å²) in [6, 6.07) is 0. The van der Waals surface area contributed by atoms with Crippen LogP contribution in [-0.2, 0) is 32.7 Å². The number of ether oxygens (including phenoxy) is 2. The molecular formula is C46H87O13P. The van der Waals surface area contributed by atoms with E-state index in [-0.39, 0.29) is 12.8 Å². The smallest absolute Gasteiger partial charge is 0.462 e. The van der Waals surface area contributed by atoms with Crippen molar-refractivity contribution >= 4 is 19.8 Å². The molecule has 0 aromatic rings. The fraction of sp³-hybridized carbons (Fsp3) is 0.913. The molecule has 0 aromatic carbocycles. The van der Waals surface area contributed by atoms with Crippen molar-refractivity contribution in [1.82, 2.24) is 0 Å². The normalized spacial score (nSPS) is 22.2. The Balaban J connectivity index is 2.41. The summed E-state index contributed by atoms with van der Waals surface area (Å²) in [4.78, 5) is 35.7. The molecule has 0 amide bonds. The number of rotatable bonds is 40. The first-order valence-corrected chi connectivity index (χ1v) is 25.5. The number of hydrogen-bond acceptors (Lipinski definition) is 12. The average Bonchev–Trinajstić information content (AvgIpc) is 3.23. The molecule has 1 fully saturated rings. The number of carbonyl (C=O) groups excluding carboxylic acids is 2. The molecule has 1 aliphatic carbocycles. The summed E-state index contributed by atoms with van der Waals surface area (Å²) in [5.41, 5.74) is 0. The maximum atomic E-state index is 12.8. The first kappa shape index (κ1) is 56.6. The lowest BCUT2D eigenvalue weighted by Gasteiger charge is -2.41. The zero-order valence-corrected chi connectivity index (χ0v) is 38.4. The molecule has 6 N–H and O–H groups in total. The number of allylic oxidation sites excluding steroid dienone is 2. The van der Waals surface area contributed by atoms with Crippen molar-refractivity contribution in [3.63, 3.8) is 0 Å². The van der Waals surface area contributed by atoms with Crippen molar-refractivity contribution < 1.29 is 63.1 Å². The van der Waals surface area contributed by atoms with Gasteiger partial charge in [0.2, 0.25) is 0 Å². The van der Waals surface area contributed by atoms with E-state index < -0.39 is 75.7 Å². The third-order valence-corrected chi connectivity index (χ3v) is 12.3. The first-order valence-electron chi connectivity index (χ1n) is 24.0. The number of phosphoric acid groups is 1. The Morgan fingerprint density at radius 3 is 1.28 bits per heavy atom. The Labute approximate surface area is 363 Å². The van der Waals surface area contributed by atoms with Gasteiger partial charge in [-0.25, -0.2) is 4.57 Å². The molecule has 0 bridgehead atoms. The van der Waals surface area contributed by atoms with E-state index in [2.05, 4.69) is 26.0 Å². The Morgan fingerprint density at radius 1 is 0.500 bits per heavy atom. The largest absolute Gasteiger partial charge is 0.472 e. The summed E-state index contributed by atoms with van der Waals surface area (Å²) in [5, 5.41) is 50.1. The van der Waals surface area contributed by atoms with E-state index in [4.69, 9.17) is 18.5 Å². The third-order valence-electron chi connectivity index (χ3n) is 11.4. The van der Waals surface area contributed by atoms with E-state index in [0.717, 1.165) is 57.8 Å². The van der Waals surface area contributed by atoms with Crippen molar-refractivity contribution in [1.29, 1.82) is 0 Å². The van der Waals surface area contributed by atoms with Crippen LogP contribution in [0.5, 0.6) is 0 Å². The second-order valence-electron chi connectivity index (χ2n) is 17.0. The highest BCUT2D eigenvalue weighted by atomic mass is 31.2. The second kappa shape index (κ2) is 37.0. The van der Waals surface area contributed by atoms with Crippen LogP contribution in [0.4, 0.5) is 0 Å². The molecule has 13 nitrogen and oxygen atoms in total. The molecule has 0 heterocycles. The van der Waals surface area contributed by atoms with Crippen molar-refractivity contribution in [3.8, 4) is 0 Å².